The fourth-order valence-corrected chi connectivity index (χ4v) is 5.03. The Hall–Kier alpha value is -2.73. The Kier molecular flexibility index (Phi) is 4.62. The molecule has 1 spiro atoms. The van der Waals surface area contributed by atoms with Crippen molar-refractivity contribution in [1.29, 1.82) is 0 Å². The third-order valence-electron chi connectivity index (χ3n) is 6.38. The normalized spacial score (nSPS) is 21.6. The van der Waals surface area contributed by atoms with Crippen LogP contribution in [0, 0.1) is 0 Å². The van der Waals surface area contributed by atoms with Gasteiger partial charge < -0.3 is 14.4 Å². The molecule has 2 aromatic rings. The minimum Gasteiger partial charge on any atom is -0.493 e. The van der Waals surface area contributed by atoms with Gasteiger partial charge in [-0.2, -0.15) is 5.10 Å². The first-order valence-corrected chi connectivity index (χ1v) is 10.6. The van der Waals surface area contributed by atoms with Gasteiger partial charge in [0.2, 0.25) is 11.6 Å². The van der Waals surface area contributed by atoms with Crippen LogP contribution in [0.4, 0.5) is 0 Å². The molecule has 0 bridgehead atoms. The summed E-state index contributed by atoms with van der Waals surface area (Å²) in [5.74, 6) is 1.61. The minimum absolute atomic E-state index is 0.0407. The molecule has 0 aliphatic carbocycles. The number of likely N-dealkylation sites (tertiary alicyclic amines) is 1. The van der Waals surface area contributed by atoms with E-state index in [9.17, 15) is 4.79 Å². The highest BCUT2D eigenvalue weighted by molar-refractivity contribution is 6.34. The lowest BCUT2D eigenvalue weighted by Gasteiger charge is -2.51. The molecule has 5 rings (SSSR count). The van der Waals surface area contributed by atoms with Crippen LogP contribution in [0.3, 0.4) is 0 Å². The molecular formula is C23H24ClN3O3. The predicted octanol–water partition coefficient (Wildman–Crippen LogP) is 4.23. The average Bonchev–Trinajstić information content (AvgIpc) is 3.21. The Morgan fingerprint density at radius 2 is 1.97 bits per heavy atom. The molecule has 2 aromatic carbocycles. The van der Waals surface area contributed by atoms with Crippen molar-refractivity contribution in [2.24, 2.45) is 5.10 Å². The maximum Gasteiger partial charge on any atom is 0.219 e. The van der Waals surface area contributed by atoms with E-state index in [1.54, 1.807) is 14.0 Å². The van der Waals surface area contributed by atoms with Crippen LogP contribution in [-0.4, -0.2) is 47.5 Å². The average molecular weight is 426 g/mol. The largest absolute Gasteiger partial charge is 0.493 e. The second-order valence-electron chi connectivity index (χ2n) is 8.02. The van der Waals surface area contributed by atoms with Gasteiger partial charge in [-0.3, -0.25) is 4.79 Å². The third-order valence-corrected chi connectivity index (χ3v) is 6.71. The maximum absolute atomic E-state index is 11.9. The number of rotatable bonds is 2. The van der Waals surface area contributed by atoms with E-state index in [-0.39, 0.29) is 11.9 Å². The summed E-state index contributed by atoms with van der Waals surface area (Å²) in [5, 5.41) is 7.85. The first-order chi connectivity index (χ1) is 14.5. The fourth-order valence-electron chi connectivity index (χ4n) is 4.79. The monoisotopic (exact) mass is 425 g/mol. The van der Waals surface area contributed by atoms with E-state index in [0.29, 0.717) is 31.0 Å². The zero-order valence-electron chi connectivity index (χ0n) is 17.1. The van der Waals surface area contributed by atoms with Gasteiger partial charge in [-0.1, -0.05) is 41.9 Å². The van der Waals surface area contributed by atoms with Gasteiger partial charge in [0.1, 0.15) is 0 Å². The third kappa shape index (κ3) is 2.93. The van der Waals surface area contributed by atoms with Crippen molar-refractivity contribution in [1.82, 2.24) is 9.91 Å². The summed E-state index contributed by atoms with van der Waals surface area (Å²) in [4.78, 5) is 13.8. The van der Waals surface area contributed by atoms with Crippen molar-refractivity contribution >= 4 is 23.2 Å². The van der Waals surface area contributed by atoms with Crippen molar-refractivity contribution < 1.29 is 14.3 Å². The molecule has 0 aromatic heterocycles. The Morgan fingerprint density at radius 1 is 1.20 bits per heavy atom. The Bertz CT molecular complexity index is 1030. The molecule has 3 heterocycles. The number of methoxy groups -OCH3 is 1. The van der Waals surface area contributed by atoms with Crippen molar-refractivity contribution in [2.75, 3.05) is 20.2 Å². The van der Waals surface area contributed by atoms with Gasteiger partial charge in [0.25, 0.3) is 0 Å². The number of amides is 1. The van der Waals surface area contributed by atoms with Crippen molar-refractivity contribution in [3.63, 3.8) is 0 Å². The smallest absolute Gasteiger partial charge is 0.219 e. The van der Waals surface area contributed by atoms with Gasteiger partial charge in [-0.25, -0.2) is 5.01 Å². The maximum atomic E-state index is 11.9. The van der Waals surface area contributed by atoms with Gasteiger partial charge in [-0.15, -0.1) is 0 Å². The lowest BCUT2D eigenvalue weighted by atomic mass is 9.90. The van der Waals surface area contributed by atoms with E-state index in [1.165, 1.54) is 0 Å². The van der Waals surface area contributed by atoms with Gasteiger partial charge in [0.05, 0.1) is 18.9 Å². The number of hydrogen-bond donors (Lipinski definition) is 0. The van der Waals surface area contributed by atoms with Crippen LogP contribution in [0.25, 0.3) is 0 Å². The van der Waals surface area contributed by atoms with E-state index in [0.717, 1.165) is 34.8 Å². The summed E-state index contributed by atoms with van der Waals surface area (Å²) >= 11 is 6.49. The van der Waals surface area contributed by atoms with E-state index in [2.05, 4.69) is 11.1 Å². The number of para-hydroxylation sites is 1. The first kappa shape index (κ1) is 19.2. The summed E-state index contributed by atoms with van der Waals surface area (Å²) in [6.45, 7) is 2.89. The van der Waals surface area contributed by atoms with Crippen LogP contribution in [0.5, 0.6) is 11.5 Å². The Balaban J connectivity index is 1.59. The molecule has 0 radical (unpaired) electrons. The molecule has 1 amide bonds. The molecule has 1 saturated heterocycles. The molecular weight excluding hydrogens is 402 g/mol. The summed E-state index contributed by atoms with van der Waals surface area (Å²) in [5.41, 5.74) is 2.37. The number of fused-ring (bicyclic) bond motifs is 4. The van der Waals surface area contributed by atoms with Crippen LogP contribution >= 0.6 is 11.6 Å². The molecule has 0 unspecified atom stereocenters. The molecule has 3 aliphatic heterocycles. The summed E-state index contributed by atoms with van der Waals surface area (Å²) in [6.07, 6.45) is 2.10. The van der Waals surface area contributed by atoms with Gasteiger partial charge in [-0.05, 0) is 12.1 Å². The topological polar surface area (TPSA) is 54.4 Å². The number of hydrazone groups is 1. The van der Waals surface area contributed by atoms with E-state index < -0.39 is 5.72 Å². The molecule has 30 heavy (non-hydrogen) atoms. The van der Waals surface area contributed by atoms with Crippen LogP contribution in [0.15, 0.2) is 47.6 Å². The van der Waals surface area contributed by atoms with Gasteiger partial charge in [0, 0.05) is 55.4 Å². The number of hydrogen-bond acceptors (Lipinski definition) is 5. The summed E-state index contributed by atoms with van der Waals surface area (Å²) < 4.78 is 12.3. The van der Waals surface area contributed by atoms with E-state index in [1.807, 2.05) is 41.3 Å². The predicted molar refractivity (Wildman–Crippen MR) is 115 cm³/mol. The first-order valence-electron chi connectivity index (χ1n) is 10.3. The van der Waals surface area contributed by atoms with Crippen molar-refractivity contribution in [3.05, 3.63) is 58.6 Å². The fraction of sp³-hybridized carbons (Fsp3) is 0.391. The minimum atomic E-state index is -0.610. The lowest BCUT2D eigenvalue weighted by molar-refractivity contribution is -0.159. The zero-order chi connectivity index (χ0) is 20.9. The van der Waals surface area contributed by atoms with Crippen LogP contribution < -0.4 is 9.47 Å². The Morgan fingerprint density at radius 3 is 2.67 bits per heavy atom. The molecule has 3 aliphatic rings. The molecule has 0 N–H and O–H groups in total. The van der Waals surface area contributed by atoms with E-state index in [4.69, 9.17) is 26.2 Å². The zero-order valence-corrected chi connectivity index (χ0v) is 17.9. The molecule has 1 atom stereocenters. The number of nitrogens with zero attached hydrogens (tertiary/aromatic N) is 3. The summed E-state index contributed by atoms with van der Waals surface area (Å²) in [7, 11) is 1.66. The second kappa shape index (κ2) is 7.20. The van der Waals surface area contributed by atoms with Crippen LogP contribution in [0.2, 0.25) is 5.02 Å². The van der Waals surface area contributed by atoms with Crippen molar-refractivity contribution in [3.8, 4) is 11.5 Å². The molecule has 0 saturated carbocycles. The SMILES string of the molecule is COc1cccc2c1OC1(CCN(C(C)=O)CC1)N1N=C(c3ccccc3Cl)C[C@@H]21. The molecule has 1 fully saturated rings. The molecule has 7 heteroatoms. The highest BCUT2D eigenvalue weighted by Gasteiger charge is 2.52. The van der Waals surface area contributed by atoms with Gasteiger partial charge in [0.15, 0.2) is 11.5 Å². The number of halogens is 1. The molecule has 156 valence electrons. The van der Waals surface area contributed by atoms with Gasteiger partial charge >= 0.3 is 0 Å². The summed E-state index contributed by atoms with van der Waals surface area (Å²) in [6, 6.07) is 13.9. The second-order valence-corrected chi connectivity index (χ2v) is 8.43. The highest BCUT2D eigenvalue weighted by Crippen LogP contribution is 2.52. The Labute approximate surface area is 181 Å². The highest BCUT2D eigenvalue weighted by atomic mass is 35.5. The lowest BCUT2D eigenvalue weighted by Crippen LogP contribution is -2.59. The number of carbonyl (C=O) groups is 1. The standard InChI is InChI=1S/C23H24ClN3O3/c1-15(28)26-12-10-23(11-13-26)27-20(17-7-5-9-21(29-2)22(17)30-23)14-19(25-27)16-6-3-4-8-18(16)24/h3-9,20H,10-14H2,1-2H3/t20-/m0/s1. The van der Waals surface area contributed by atoms with E-state index >= 15 is 0 Å². The number of ether oxygens (including phenoxy) is 2. The number of carbonyl (C=O) groups excluding carboxylic acids is 1. The quantitative estimate of drug-likeness (QED) is 0.722. The molecule has 6 nitrogen and oxygen atoms in total. The number of piperidine rings is 1. The van der Waals surface area contributed by atoms with Crippen LogP contribution in [-0.2, 0) is 4.79 Å². The van der Waals surface area contributed by atoms with Crippen LogP contribution in [0.1, 0.15) is 43.4 Å². The van der Waals surface area contributed by atoms with Crippen molar-refractivity contribution in [2.45, 2.75) is 38.0 Å². The number of benzene rings is 2.